The molecule has 120 valence electrons. The molecule has 0 aliphatic rings. The minimum atomic E-state index is -0.266. The second-order valence-electron chi connectivity index (χ2n) is 5.67. The first-order chi connectivity index (χ1) is 11.5. The molecule has 0 N–H and O–H groups in total. The van der Waals surface area contributed by atoms with Crippen LogP contribution in [0.3, 0.4) is 0 Å². The maximum Gasteiger partial charge on any atom is 0.205 e. The van der Waals surface area contributed by atoms with Crippen molar-refractivity contribution >= 4 is 11.9 Å². The third-order valence-electron chi connectivity index (χ3n) is 3.98. The average molecular weight is 317 g/mol. The van der Waals surface area contributed by atoms with E-state index >= 15 is 0 Å². The van der Waals surface area contributed by atoms with Gasteiger partial charge in [-0.25, -0.2) is 0 Å². The fourth-order valence-electron chi connectivity index (χ4n) is 2.71. The highest BCUT2D eigenvalue weighted by Crippen LogP contribution is 2.20. The maximum absolute atomic E-state index is 12.7. The Morgan fingerprint density at radius 1 is 1.21 bits per heavy atom. The molecule has 1 heterocycles. The van der Waals surface area contributed by atoms with Crippen LogP contribution in [-0.2, 0) is 6.54 Å². The predicted molar refractivity (Wildman–Crippen MR) is 93.3 cm³/mol. The highest BCUT2D eigenvalue weighted by atomic mass is 16.1. The largest absolute Gasteiger partial charge is 0.348 e. The van der Waals surface area contributed by atoms with E-state index in [2.05, 4.69) is 11.5 Å². The molecule has 0 unspecified atom stereocenters. The lowest BCUT2D eigenvalue weighted by Crippen LogP contribution is -2.06. The molecule has 0 atom stereocenters. The fourth-order valence-corrected chi connectivity index (χ4v) is 2.71. The molecule has 0 saturated heterocycles. The van der Waals surface area contributed by atoms with Gasteiger partial charge in [-0.3, -0.25) is 4.79 Å². The number of Topliss-reactive ketones (excluding diaryl/α,β-unsaturated/α-hetero) is 1. The van der Waals surface area contributed by atoms with Crippen LogP contribution in [0.5, 0.6) is 0 Å². The smallest absolute Gasteiger partial charge is 0.205 e. The van der Waals surface area contributed by atoms with Gasteiger partial charge in [-0.05, 0) is 50.1 Å². The van der Waals surface area contributed by atoms with Crippen molar-refractivity contribution in [1.29, 1.82) is 10.5 Å². The first kappa shape index (κ1) is 17.2. The molecule has 0 fully saturated rings. The molecule has 1 aromatic carbocycles. The number of nitrogens with zero attached hydrogens (tertiary/aromatic N) is 3. The SMILES string of the molecule is CCCn1c(C)cc(C(=O)/C(C#N)=C\c2ccc(C#N)cc2)c1C. The Balaban J connectivity index is 2.39. The maximum atomic E-state index is 12.7. The summed E-state index contributed by atoms with van der Waals surface area (Å²) in [6.07, 6.45) is 2.55. The summed E-state index contributed by atoms with van der Waals surface area (Å²) in [6, 6.07) is 12.7. The molecule has 24 heavy (non-hydrogen) atoms. The number of nitriles is 2. The van der Waals surface area contributed by atoms with Crippen molar-refractivity contribution in [3.63, 3.8) is 0 Å². The van der Waals surface area contributed by atoms with E-state index in [9.17, 15) is 10.1 Å². The molecular formula is C20H19N3O. The molecule has 4 heteroatoms. The van der Waals surface area contributed by atoms with Gasteiger partial charge in [-0.2, -0.15) is 10.5 Å². The van der Waals surface area contributed by atoms with E-state index < -0.39 is 0 Å². The van der Waals surface area contributed by atoms with Crippen LogP contribution in [0.25, 0.3) is 6.08 Å². The fraction of sp³-hybridized carbons (Fsp3) is 0.250. The minimum Gasteiger partial charge on any atom is -0.348 e. The van der Waals surface area contributed by atoms with Gasteiger partial charge in [-0.1, -0.05) is 19.1 Å². The first-order valence-corrected chi connectivity index (χ1v) is 7.85. The van der Waals surface area contributed by atoms with Gasteiger partial charge in [0.25, 0.3) is 0 Å². The Kier molecular flexibility index (Phi) is 5.35. The molecule has 2 rings (SSSR count). The second-order valence-corrected chi connectivity index (χ2v) is 5.67. The number of hydrogen-bond donors (Lipinski definition) is 0. The number of rotatable bonds is 5. The van der Waals surface area contributed by atoms with Crippen LogP contribution in [0.1, 0.15) is 46.2 Å². The molecule has 4 nitrogen and oxygen atoms in total. The van der Waals surface area contributed by atoms with E-state index in [1.165, 1.54) is 0 Å². The Hall–Kier alpha value is -3.11. The van der Waals surface area contributed by atoms with Crippen molar-refractivity contribution in [3.8, 4) is 12.1 Å². The van der Waals surface area contributed by atoms with Crippen LogP contribution in [0.4, 0.5) is 0 Å². The monoisotopic (exact) mass is 317 g/mol. The highest BCUT2D eigenvalue weighted by Gasteiger charge is 2.19. The van der Waals surface area contributed by atoms with Crippen molar-refractivity contribution < 1.29 is 4.79 Å². The summed E-state index contributed by atoms with van der Waals surface area (Å²) < 4.78 is 2.10. The number of aryl methyl sites for hydroxylation is 1. The number of aromatic nitrogens is 1. The summed E-state index contributed by atoms with van der Waals surface area (Å²) in [4.78, 5) is 12.7. The second kappa shape index (κ2) is 7.44. The third-order valence-corrected chi connectivity index (χ3v) is 3.98. The zero-order valence-corrected chi connectivity index (χ0v) is 14.1. The molecule has 0 radical (unpaired) electrons. The van der Waals surface area contributed by atoms with Crippen LogP contribution < -0.4 is 0 Å². The van der Waals surface area contributed by atoms with Gasteiger partial charge < -0.3 is 4.57 Å². The Labute approximate surface area is 142 Å². The zero-order chi connectivity index (χ0) is 17.7. The van der Waals surface area contributed by atoms with Gasteiger partial charge in [0.2, 0.25) is 5.78 Å². The van der Waals surface area contributed by atoms with Crippen LogP contribution in [0.2, 0.25) is 0 Å². The lowest BCUT2D eigenvalue weighted by atomic mass is 10.0. The van der Waals surface area contributed by atoms with E-state index in [0.717, 1.165) is 29.9 Å². The number of allylic oxidation sites excluding steroid dienone is 1. The van der Waals surface area contributed by atoms with E-state index in [4.69, 9.17) is 5.26 Å². The number of hydrogen-bond acceptors (Lipinski definition) is 3. The molecule has 0 aliphatic carbocycles. The standard InChI is InChI=1S/C20H19N3O/c1-4-9-23-14(2)10-19(15(23)3)20(24)18(13-22)11-16-5-7-17(12-21)8-6-16/h5-8,10-11H,4,9H2,1-3H3/b18-11-. The molecule has 0 bridgehead atoms. The molecule has 1 aromatic heterocycles. The number of ketones is 1. The predicted octanol–water partition coefficient (Wildman–Crippen LogP) is 4.18. The molecule has 2 aromatic rings. The van der Waals surface area contributed by atoms with E-state index in [1.54, 1.807) is 30.3 Å². The normalized spacial score (nSPS) is 11.0. The van der Waals surface area contributed by atoms with E-state index in [0.29, 0.717) is 11.1 Å². The van der Waals surface area contributed by atoms with E-state index in [1.807, 2.05) is 32.1 Å². The first-order valence-electron chi connectivity index (χ1n) is 7.85. The topological polar surface area (TPSA) is 69.6 Å². The van der Waals surface area contributed by atoms with Gasteiger partial charge in [-0.15, -0.1) is 0 Å². The summed E-state index contributed by atoms with van der Waals surface area (Å²) in [5.41, 5.74) is 3.84. The zero-order valence-electron chi connectivity index (χ0n) is 14.1. The summed E-state index contributed by atoms with van der Waals surface area (Å²) in [6.45, 7) is 6.82. The van der Waals surface area contributed by atoms with Crippen molar-refractivity contribution in [2.24, 2.45) is 0 Å². The number of carbonyl (C=O) groups is 1. The van der Waals surface area contributed by atoms with E-state index in [-0.39, 0.29) is 11.4 Å². The van der Waals surface area contributed by atoms with Gasteiger partial charge in [0, 0.05) is 23.5 Å². The Bertz CT molecular complexity index is 871. The quantitative estimate of drug-likeness (QED) is 0.472. The van der Waals surface area contributed by atoms with Gasteiger partial charge in [0.1, 0.15) is 11.6 Å². The van der Waals surface area contributed by atoms with Crippen molar-refractivity contribution in [1.82, 2.24) is 4.57 Å². The lowest BCUT2D eigenvalue weighted by molar-refractivity contribution is 0.103. The van der Waals surface area contributed by atoms with Gasteiger partial charge in [0.05, 0.1) is 11.6 Å². The molecule has 0 aliphatic heterocycles. The van der Waals surface area contributed by atoms with Gasteiger partial charge in [0.15, 0.2) is 0 Å². The molecule has 0 spiro atoms. The van der Waals surface area contributed by atoms with Crippen LogP contribution >= 0.6 is 0 Å². The minimum absolute atomic E-state index is 0.0939. The molecule has 0 amide bonds. The van der Waals surface area contributed by atoms with Gasteiger partial charge >= 0.3 is 0 Å². The highest BCUT2D eigenvalue weighted by molar-refractivity contribution is 6.14. The Morgan fingerprint density at radius 3 is 2.42 bits per heavy atom. The van der Waals surface area contributed by atoms with Crippen LogP contribution in [0.15, 0.2) is 35.9 Å². The number of carbonyl (C=O) groups excluding carboxylic acids is 1. The molecule has 0 saturated carbocycles. The lowest BCUT2D eigenvalue weighted by Gasteiger charge is -2.07. The summed E-state index contributed by atoms with van der Waals surface area (Å²) >= 11 is 0. The van der Waals surface area contributed by atoms with Crippen molar-refractivity contribution in [2.75, 3.05) is 0 Å². The van der Waals surface area contributed by atoms with Crippen LogP contribution in [0, 0.1) is 36.5 Å². The summed E-state index contributed by atoms with van der Waals surface area (Å²) in [5, 5.41) is 18.2. The molecular weight excluding hydrogens is 298 g/mol. The van der Waals surface area contributed by atoms with Crippen molar-refractivity contribution in [2.45, 2.75) is 33.7 Å². The van der Waals surface area contributed by atoms with Crippen LogP contribution in [-0.4, -0.2) is 10.4 Å². The number of benzene rings is 1. The average Bonchev–Trinajstić information content (AvgIpc) is 2.88. The Morgan fingerprint density at radius 2 is 1.88 bits per heavy atom. The summed E-state index contributed by atoms with van der Waals surface area (Å²) in [7, 11) is 0. The van der Waals surface area contributed by atoms with Crippen molar-refractivity contribution in [3.05, 3.63) is 64.0 Å². The third kappa shape index (κ3) is 3.45. The summed E-state index contributed by atoms with van der Waals surface area (Å²) in [5.74, 6) is -0.266.